The molecule has 9 heteroatoms. The van der Waals surface area contributed by atoms with Gasteiger partial charge in [-0.2, -0.15) is 0 Å². The zero-order valence-electron chi connectivity index (χ0n) is 16.7. The van der Waals surface area contributed by atoms with Crippen molar-refractivity contribution in [2.45, 2.75) is 19.4 Å². The Kier molecular flexibility index (Phi) is 7.22. The number of nitrogens with one attached hydrogen (secondary N) is 1. The third kappa shape index (κ3) is 5.47. The Bertz CT molecular complexity index is 990. The molecule has 0 fully saturated rings. The quantitative estimate of drug-likeness (QED) is 0.659. The van der Waals surface area contributed by atoms with Crippen LogP contribution in [-0.4, -0.2) is 46.8 Å². The van der Waals surface area contributed by atoms with E-state index in [0.29, 0.717) is 17.1 Å². The number of benzene rings is 2. The summed E-state index contributed by atoms with van der Waals surface area (Å²) in [6.45, 7) is 1.72. The number of esters is 1. The second kappa shape index (κ2) is 9.42. The molecule has 156 valence electrons. The van der Waals surface area contributed by atoms with Crippen molar-refractivity contribution in [3.05, 3.63) is 54.1 Å². The highest BCUT2D eigenvalue weighted by molar-refractivity contribution is 7.92. The van der Waals surface area contributed by atoms with E-state index in [1.165, 1.54) is 20.3 Å². The molecule has 0 unspecified atom stereocenters. The molecule has 0 aliphatic carbocycles. The molecule has 0 saturated carbocycles. The maximum absolute atomic E-state index is 12.9. The van der Waals surface area contributed by atoms with E-state index >= 15 is 0 Å². The number of anilines is 2. The van der Waals surface area contributed by atoms with Gasteiger partial charge in [0.05, 0.1) is 31.7 Å². The molecule has 1 N–H and O–H groups in total. The molecule has 2 rings (SSSR count). The van der Waals surface area contributed by atoms with Crippen molar-refractivity contribution in [2.75, 3.05) is 30.1 Å². The SMILES string of the molecule is CC[C@@H](C(=O)Nc1cccc(C(=O)OC)c1)N(c1cccc(OC)c1)S(C)(=O)=O. The fourth-order valence-electron chi connectivity index (χ4n) is 2.88. The lowest BCUT2D eigenvalue weighted by Crippen LogP contribution is -2.47. The molecule has 8 nitrogen and oxygen atoms in total. The number of carbonyl (C=O) groups is 2. The summed E-state index contributed by atoms with van der Waals surface area (Å²) in [5.41, 5.74) is 0.943. The maximum Gasteiger partial charge on any atom is 0.337 e. The number of rotatable bonds is 8. The van der Waals surface area contributed by atoms with Crippen LogP contribution in [-0.2, 0) is 19.6 Å². The zero-order valence-corrected chi connectivity index (χ0v) is 17.5. The summed E-state index contributed by atoms with van der Waals surface area (Å²) in [7, 11) is -1.04. The van der Waals surface area contributed by atoms with Crippen LogP contribution in [0.4, 0.5) is 11.4 Å². The molecule has 2 aromatic rings. The lowest BCUT2D eigenvalue weighted by atomic mass is 10.1. The van der Waals surface area contributed by atoms with Gasteiger partial charge in [0.2, 0.25) is 15.9 Å². The van der Waals surface area contributed by atoms with Crippen LogP contribution in [0.15, 0.2) is 48.5 Å². The van der Waals surface area contributed by atoms with Gasteiger partial charge in [-0.1, -0.05) is 19.1 Å². The van der Waals surface area contributed by atoms with Crippen LogP contribution < -0.4 is 14.4 Å². The molecule has 0 heterocycles. The minimum atomic E-state index is -3.77. The standard InChI is InChI=1S/C20H24N2O6S/c1-5-18(19(23)21-15-9-6-8-14(12-15)20(24)28-3)22(29(4,25)26)16-10-7-11-17(13-16)27-2/h6-13,18H,5H2,1-4H3,(H,21,23)/t18-/m0/s1. The number of hydrogen-bond donors (Lipinski definition) is 1. The number of sulfonamides is 1. The van der Waals surface area contributed by atoms with Gasteiger partial charge in [0.1, 0.15) is 11.8 Å². The topological polar surface area (TPSA) is 102 Å². The maximum atomic E-state index is 12.9. The second-order valence-corrected chi connectivity index (χ2v) is 8.11. The largest absolute Gasteiger partial charge is 0.497 e. The van der Waals surface area contributed by atoms with Crippen LogP contribution in [0.1, 0.15) is 23.7 Å². The van der Waals surface area contributed by atoms with E-state index in [4.69, 9.17) is 4.74 Å². The third-order valence-electron chi connectivity index (χ3n) is 4.19. The van der Waals surface area contributed by atoms with E-state index in [1.54, 1.807) is 49.4 Å². The smallest absolute Gasteiger partial charge is 0.337 e. The highest BCUT2D eigenvalue weighted by Gasteiger charge is 2.31. The van der Waals surface area contributed by atoms with E-state index in [-0.39, 0.29) is 12.0 Å². The van der Waals surface area contributed by atoms with Gasteiger partial charge in [-0.3, -0.25) is 9.10 Å². The van der Waals surface area contributed by atoms with Gasteiger partial charge in [0.15, 0.2) is 0 Å². The van der Waals surface area contributed by atoms with E-state index in [9.17, 15) is 18.0 Å². The first kappa shape index (κ1) is 22.2. The molecule has 0 spiro atoms. The van der Waals surface area contributed by atoms with E-state index in [1.807, 2.05) is 0 Å². The number of ether oxygens (including phenoxy) is 2. The number of nitrogens with zero attached hydrogens (tertiary/aromatic N) is 1. The third-order valence-corrected chi connectivity index (χ3v) is 5.37. The van der Waals surface area contributed by atoms with E-state index < -0.39 is 27.9 Å². The Hall–Kier alpha value is -3.07. The van der Waals surface area contributed by atoms with Gasteiger partial charge in [-0.25, -0.2) is 13.2 Å². The minimum absolute atomic E-state index is 0.229. The molecule has 0 saturated heterocycles. The number of hydrogen-bond acceptors (Lipinski definition) is 6. The average molecular weight is 420 g/mol. The summed E-state index contributed by atoms with van der Waals surface area (Å²) < 4.78 is 35.9. The molecule has 0 aliphatic rings. The monoisotopic (exact) mass is 420 g/mol. The predicted octanol–water partition coefficient (Wildman–Crippen LogP) is 2.67. The van der Waals surface area contributed by atoms with Crippen LogP contribution >= 0.6 is 0 Å². The first-order valence-electron chi connectivity index (χ1n) is 8.84. The normalized spacial score (nSPS) is 12.0. The summed E-state index contributed by atoms with van der Waals surface area (Å²) >= 11 is 0. The van der Waals surface area contributed by atoms with Gasteiger partial charge in [-0.05, 0) is 36.8 Å². The van der Waals surface area contributed by atoms with Gasteiger partial charge >= 0.3 is 5.97 Å². The van der Waals surface area contributed by atoms with Gasteiger partial charge in [0, 0.05) is 11.8 Å². The molecule has 29 heavy (non-hydrogen) atoms. The van der Waals surface area contributed by atoms with Crippen LogP contribution in [0.25, 0.3) is 0 Å². The molecule has 0 aliphatic heterocycles. The van der Waals surface area contributed by atoms with Crippen molar-refractivity contribution in [2.24, 2.45) is 0 Å². The van der Waals surface area contributed by atoms with Crippen LogP contribution in [0.3, 0.4) is 0 Å². The lowest BCUT2D eigenvalue weighted by molar-refractivity contribution is -0.117. The molecule has 0 radical (unpaired) electrons. The fraction of sp³-hybridized carbons (Fsp3) is 0.300. The predicted molar refractivity (Wildman–Crippen MR) is 111 cm³/mol. The molecular formula is C20H24N2O6S. The minimum Gasteiger partial charge on any atom is -0.497 e. The van der Waals surface area contributed by atoms with E-state index in [2.05, 4.69) is 10.1 Å². The van der Waals surface area contributed by atoms with Crippen molar-refractivity contribution < 1.29 is 27.5 Å². The van der Waals surface area contributed by atoms with Gasteiger partial charge in [-0.15, -0.1) is 0 Å². The Morgan fingerprint density at radius 1 is 1.10 bits per heavy atom. The molecule has 2 aromatic carbocycles. The summed E-state index contributed by atoms with van der Waals surface area (Å²) in [5.74, 6) is -0.595. The summed E-state index contributed by atoms with van der Waals surface area (Å²) in [4.78, 5) is 24.6. The van der Waals surface area contributed by atoms with Gasteiger partial charge < -0.3 is 14.8 Å². The Balaban J connectivity index is 2.37. The Morgan fingerprint density at radius 3 is 2.38 bits per heavy atom. The molecule has 0 aromatic heterocycles. The van der Waals surface area contributed by atoms with E-state index in [0.717, 1.165) is 10.6 Å². The van der Waals surface area contributed by atoms with Gasteiger partial charge in [0.25, 0.3) is 0 Å². The highest BCUT2D eigenvalue weighted by Crippen LogP contribution is 2.27. The summed E-state index contributed by atoms with van der Waals surface area (Å²) in [6, 6.07) is 11.7. The van der Waals surface area contributed by atoms with Crippen LogP contribution in [0, 0.1) is 0 Å². The zero-order chi connectivity index (χ0) is 21.6. The van der Waals surface area contributed by atoms with Crippen molar-refractivity contribution in [1.82, 2.24) is 0 Å². The molecule has 0 bridgehead atoms. The lowest BCUT2D eigenvalue weighted by Gasteiger charge is -2.30. The first-order chi connectivity index (χ1) is 13.7. The van der Waals surface area contributed by atoms with Crippen molar-refractivity contribution in [3.8, 4) is 5.75 Å². The van der Waals surface area contributed by atoms with Crippen molar-refractivity contribution in [1.29, 1.82) is 0 Å². The Labute approximate surface area is 170 Å². The molecule has 1 amide bonds. The molecular weight excluding hydrogens is 396 g/mol. The number of amides is 1. The second-order valence-electron chi connectivity index (χ2n) is 6.25. The van der Waals surface area contributed by atoms with Crippen molar-refractivity contribution >= 4 is 33.3 Å². The summed E-state index contributed by atoms with van der Waals surface area (Å²) in [5, 5.41) is 2.68. The highest BCUT2D eigenvalue weighted by atomic mass is 32.2. The fourth-order valence-corrected chi connectivity index (χ4v) is 4.08. The van der Waals surface area contributed by atoms with Crippen molar-refractivity contribution in [3.63, 3.8) is 0 Å². The van der Waals surface area contributed by atoms with Crippen LogP contribution in [0.5, 0.6) is 5.75 Å². The van der Waals surface area contributed by atoms with Crippen LogP contribution in [0.2, 0.25) is 0 Å². The number of methoxy groups -OCH3 is 2. The first-order valence-corrected chi connectivity index (χ1v) is 10.7. The average Bonchev–Trinajstić information content (AvgIpc) is 2.70. The number of carbonyl (C=O) groups excluding carboxylic acids is 2. The summed E-state index contributed by atoms with van der Waals surface area (Å²) in [6.07, 6.45) is 1.27. The Morgan fingerprint density at radius 2 is 1.79 bits per heavy atom. The molecule has 1 atom stereocenters.